The molecule has 0 aliphatic heterocycles. The molecule has 2 aromatic rings. The Morgan fingerprint density at radius 2 is 2.07 bits per heavy atom. The Labute approximate surface area is 180 Å². The summed E-state index contributed by atoms with van der Waals surface area (Å²) in [6.07, 6.45) is 5.70. The molecule has 6 heteroatoms. The van der Waals surface area contributed by atoms with Crippen molar-refractivity contribution in [3.8, 4) is 11.3 Å². The average molecular weight is 411 g/mol. The van der Waals surface area contributed by atoms with Crippen LogP contribution in [0, 0.1) is 5.92 Å². The van der Waals surface area contributed by atoms with Crippen LogP contribution in [0.4, 0.5) is 10.5 Å². The van der Waals surface area contributed by atoms with Crippen molar-refractivity contribution in [1.82, 2.24) is 15.1 Å². The standard InChI is InChI=1S/C24H34N4O2/c1-8-11-20(27-23(29)30-24(4,5)6)18-12-10-13-19(14-18)22-21(16-26-28(22)7)25-15-17(3)9-2/h8-10,12-14,16-17,20,25H,1-2,11,15H2,3-7H3,(H,27,29)/t17-,20?/m1/s1. The van der Waals surface area contributed by atoms with Crippen LogP contribution in [0.15, 0.2) is 55.8 Å². The Morgan fingerprint density at radius 1 is 1.33 bits per heavy atom. The van der Waals surface area contributed by atoms with Gasteiger partial charge < -0.3 is 15.4 Å². The third-order valence-corrected chi connectivity index (χ3v) is 4.61. The fourth-order valence-corrected chi connectivity index (χ4v) is 3.06. The van der Waals surface area contributed by atoms with E-state index in [9.17, 15) is 4.79 Å². The fourth-order valence-electron chi connectivity index (χ4n) is 3.06. The number of hydrogen-bond donors (Lipinski definition) is 2. The summed E-state index contributed by atoms with van der Waals surface area (Å²) in [6.45, 7) is 16.1. The highest BCUT2D eigenvalue weighted by Gasteiger charge is 2.21. The van der Waals surface area contributed by atoms with E-state index in [1.54, 1.807) is 6.08 Å². The van der Waals surface area contributed by atoms with Gasteiger partial charge in [-0.15, -0.1) is 13.2 Å². The van der Waals surface area contributed by atoms with Crippen LogP contribution in [0.5, 0.6) is 0 Å². The molecule has 2 atom stereocenters. The van der Waals surface area contributed by atoms with Gasteiger partial charge >= 0.3 is 6.09 Å². The summed E-state index contributed by atoms with van der Waals surface area (Å²) in [5.41, 5.74) is 3.39. The van der Waals surface area contributed by atoms with Crippen molar-refractivity contribution in [2.75, 3.05) is 11.9 Å². The van der Waals surface area contributed by atoms with Gasteiger partial charge in [-0.1, -0.05) is 37.3 Å². The zero-order valence-electron chi connectivity index (χ0n) is 18.7. The first kappa shape index (κ1) is 23.3. The van der Waals surface area contributed by atoms with E-state index in [0.717, 1.165) is 29.1 Å². The molecule has 1 amide bonds. The lowest BCUT2D eigenvalue weighted by Crippen LogP contribution is -2.34. The summed E-state index contributed by atoms with van der Waals surface area (Å²) in [4.78, 5) is 12.3. The smallest absolute Gasteiger partial charge is 0.408 e. The number of aryl methyl sites for hydroxylation is 1. The Bertz CT molecular complexity index is 880. The Hall–Kier alpha value is -3.02. The molecule has 0 aliphatic carbocycles. The summed E-state index contributed by atoms with van der Waals surface area (Å²) in [5.74, 6) is 0.347. The van der Waals surface area contributed by atoms with E-state index in [4.69, 9.17) is 4.74 Å². The van der Waals surface area contributed by atoms with Gasteiger partial charge in [0.2, 0.25) is 0 Å². The SMILES string of the molecule is C=CCC(NC(=O)OC(C)(C)C)c1cccc(-c2c(NC[C@H](C)C=C)cnn2C)c1. The van der Waals surface area contributed by atoms with Crippen LogP contribution in [-0.4, -0.2) is 28.0 Å². The molecule has 0 radical (unpaired) electrons. The first-order valence-corrected chi connectivity index (χ1v) is 10.2. The number of nitrogens with one attached hydrogen (secondary N) is 2. The van der Waals surface area contributed by atoms with Gasteiger partial charge in [-0.3, -0.25) is 4.68 Å². The molecule has 162 valence electrons. The molecule has 2 N–H and O–H groups in total. The van der Waals surface area contributed by atoms with Gasteiger partial charge in [-0.05, 0) is 44.7 Å². The number of benzene rings is 1. The highest BCUT2D eigenvalue weighted by molar-refractivity contribution is 5.75. The second-order valence-electron chi connectivity index (χ2n) is 8.47. The summed E-state index contributed by atoms with van der Waals surface area (Å²) >= 11 is 0. The molecule has 0 aliphatic rings. The van der Waals surface area contributed by atoms with Crippen molar-refractivity contribution in [3.63, 3.8) is 0 Å². The van der Waals surface area contributed by atoms with Crippen LogP contribution in [0.1, 0.15) is 45.7 Å². The monoisotopic (exact) mass is 410 g/mol. The second kappa shape index (κ2) is 10.1. The molecule has 0 bridgehead atoms. The number of hydrogen-bond acceptors (Lipinski definition) is 4. The predicted molar refractivity (Wildman–Crippen MR) is 123 cm³/mol. The third-order valence-electron chi connectivity index (χ3n) is 4.61. The zero-order chi connectivity index (χ0) is 22.3. The molecule has 1 aromatic heterocycles. The van der Waals surface area contributed by atoms with Gasteiger partial charge in [0, 0.05) is 19.2 Å². The molecule has 1 heterocycles. The topological polar surface area (TPSA) is 68.2 Å². The molecule has 1 aromatic carbocycles. The van der Waals surface area contributed by atoms with E-state index in [2.05, 4.69) is 41.9 Å². The molecule has 0 spiro atoms. The van der Waals surface area contributed by atoms with Gasteiger partial charge in [0.05, 0.1) is 23.6 Å². The van der Waals surface area contributed by atoms with Crippen molar-refractivity contribution in [2.24, 2.45) is 13.0 Å². The number of ether oxygens (including phenoxy) is 1. The molecule has 2 rings (SSSR count). The largest absolute Gasteiger partial charge is 0.444 e. The van der Waals surface area contributed by atoms with E-state index in [-0.39, 0.29) is 6.04 Å². The summed E-state index contributed by atoms with van der Waals surface area (Å²) in [7, 11) is 1.92. The maximum Gasteiger partial charge on any atom is 0.408 e. The summed E-state index contributed by atoms with van der Waals surface area (Å²) in [5, 5.41) is 10.8. The second-order valence-corrected chi connectivity index (χ2v) is 8.47. The number of anilines is 1. The van der Waals surface area contributed by atoms with Gasteiger partial charge in [-0.2, -0.15) is 5.10 Å². The van der Waals surface area contributed by atoms with Crippen LogP contribution in [0.25, 0.3) is 11.3 Å². The third kappa shape index (κ3) is 6.51. The summed E-state index contributed by atoms with van der Waals surface area (Å²) < 4.78 is 7.28. The Kier molecular flexibility index (Phi) is 7.86. The number of rotatable bonds is 9. The van der Waals surface area contributed by atoms with Gasteiger partial charge in [-0.25, -0.2) is 4.79 Å². The molecule has 6 nitrogen and oxygen atoms in total. The molecule has 1 unspecified atom stereocenters. The van der Waals surface area contributed by atoms with Crippen molar-refractivity contribution in [2.45, 2.75) is 45.8 Å². The van der Waals surface area contributed by atoms with E-state index in [0.29, 0.717) is 12.3 Å². The van der Waals surface area contributed by atoms with Crippen LogP contribution < -0.4 is 10.6 Å². The Balaban J connectivity index is 2.30. The lowest BCUT2D eigenvalue weighted by molar-refractivity contribution is 0.0504. The highest BCUT2D eigenvalue weighted by Crippen LogP contribution is 2.30. The number of alkyl carbamates (subject to hydrolysis) is 1. The lowest BCUT2D eigenvalue weighted by Gasteiger charge is -2.23. The lowest BCUT2D eigenvalue weighted by atomic mass is 9.99. The molecular formula is C24H34N4O2. The molecule has 0 fully saturated rings. The normalized spacial score (nSPS) is 13.2. The molecule has 0 saturated heterocycles. The summed E-state index contributed by atoms with van der Waals surface area (Å²) in [6, 6.07) is 7.87. The van der Waals surface area contributed by atoms with Crippen LogP contribution in [0.3, 0.4) is 0 Å². The minimum atomic E-state index is -0.553. The Morgan fingerprint density at radius 3 is 2.70 bits per heavy atom. The van der Waals surface area contributed by atoms with Gasteiger partial charge in [0.1, 0.15) is 5.60 Å². The van der Waals surface area contributed by atoms with E-state index in [1.807, 2.05) is 63.0 Å². The minimum absolute atomic E-state index is 0.234. The van der Waals surface area contributed by atoms with Gasteiger partial charge in [0.25, 0.3) is 0 Å². The van der Waals surface area contributed by atoms with Crippen molar-refractivity contribution in [3.05, 3.63) is 61.3 Å². The van der Waals surface area contributed by atoms with Crippen LogP contribution in [-0.2, 0) is 11.8 Å². The first-order chi connectivity index (χ1) is 14.1. The maximum absolute atomic E-state index is 12.3. The number of carbonyl (C=O) groups excluding carboxylic acids is 1. The number of carbonyl (C=O) groups is 1. The van der Waals surface area contributed by atoms with E-state index in [1.165, 1.54) is 0 Å². The molecule has 0 saturated carbocycles. The first-order valence-electron chi connectivity index (χ1n) is 10.2. The predicted octanol–water partition coefficient (Wildman–Crippen LogP) is 5.46. The number of aromatic nitrogens is 2. The quantitative estimate of drug-likeness (QED) is 0.539. The number of amides is 1. The van der Waals surface area contributed by atoms with E-state index < -0.39 is 11.7 Å². The van der Waals surface area contributed by atoms with Crippen molar-refractivity contribution in [1.29, 1.82) is 0 Å². The van der Waals surface area contributed by atoms with Crippen LogP contribution >= 0.6 is 0 Å². The fraction of sp³-hybridized carbons (Fsp3) is 0.417. The molecular weight excluding hydrogens is 376 g/mol. The zero-order valence-corrected chi connectivity index (χ0v) is 18.7. The maximum atomic E-state index is 12.3. The van der Waals surface area contributed by atoms with Crippen LogP contribution in [0.2, 0.25) is 0 Å². The van der Waals surface area contributed by atoms with Gasteiger partial charge in [0.15, 0.2) is 0 Å². The molecule has 30 heavy (non-hydrogen) atoms. The van der Waals surface area contributed by atoms with Crippen molar-refractivity contribution < 1.29 is 9.53 Å². The average Bonchev–Trinajstić information content (AvgIpc) is 3.04. The minimum Gasteiger partial charge on any atom is -0.444 e. The number of nitrogens with zero attached hydrogens (tertiary/aromatic N) is 2. The van der Waals surface area contributed by atoms with Crippen molar-refractivity contribution >= 4 is 11.8 Å². The van der Waals surface area contributed by atoms with E-state index >= 15 is 0 Å². The highest BCUT2D eigenvalue weighted by atomic mass is 16.6.